The number of ether oxygens (including phenoxy) is 1. The van der Waals surface area contributed by atoms with E-state index in [0.29, 0.717) is 22.8 Å². The van der Waals surface area contributed by atoms with Gasteiger partial charge in [-0.05, 0) is 12.1 Å². The smallest absolute Gasteiger partial charge is 0.252 e. The minimum absolute atomic E-state index is 0.223. The van der Waals surface area contributed by atoms with Crippen LogP contribution in [0.5, 0.6) is 5.75 Å². The molecule has 1 heterocycles. The van der Waals surface area contributed by atoms with Crippen LogP contribution < -0.4 is 15.8 Å². The highest BCUT2D eigenvalue weighted by Gasteiger charge is 2.08. The van der Waals surface area contributed by atoms with Crippen molar-refractivity contribution in [1.29, 1.82) is 0 Å². The molecule has 0 fully saturated rings. The van der Waals surface area contributed by atoms with E-state index < -0.39 is 5.91 Å². The van der Waals surface area contributed by atoms with Gasteiger partial charge in [-0.3, -0.25) is 9.78 Å². The Morgan fingerprint density at radius 3 is 2.74 bits per heavy atom. The zero-order chi connectivity index (χ0) is 13.7. The molecule has 0 saturated carbocycles. The van der Waals surface area contributed by atoms with Gasteiger partial charge in [0.25, 0.3) is 5.91 Å². The molecule has 0 radical (unpaired) electrons. The van der Waals surface area contributed by atoms with Crippen molar-refractivity contribution in [3.8, 4) is 5.75 Å². The van der Waals surface area contributed by atoms with Crippen molar-refractivity contribution < 1.29 is 9.53 Å². The Bertz CT molecular complexity index is 569. The molecule has 0 aliphatic rings. The number of para-hydroxylation sites is 1. The highest BCUT2D eigenvalue weighted by atomic mass is 16.5. The molecule has 0 unspecified atom stereocenters. The van der Waals surface area contributed by atoms with Crippen LogP contribution in [0.4, 0.5) is 5.82 Å². The minimum atomic E-state index is -0.521. The molecule has 2 rings (SSSR count). The number of benzene rings is 1. The standard InChI is InChI=1S/C13H14N4O2/c1-15-12-7-16-9(6-17-12)8-19-11-5-3-2-4-10(11)13(14)18/h2-7H,8H2,1H3,(H2,14,18)(H,15,17). The second kappa shape index (κ2) is 5.81. The summed E-state index contributed by atoms with van der Waals surface area (Å²) in [5.41, 5.74) is 6.28. The number of nitrogens with one attached hydrogen (secondary N) is 1. The molecule has 0 atom stereocenters. The van der Waals surface area contributed by atoms with E-state index in [0.717, 1.165) is 0 Å². The first kappa shape index (κ1) is 12.8. The maximum absolute atomic E-state index is 11.2. The number of carbonyl (C=O) groups is 1. The van der Waals surface area contributed by atoms with Gasteiger partial charge in [0.15, 0.2) is 0 Å². The summed E-state index contributed by atoms with van der Waals surface area (Å²) >= 11 is 0. The van der Waals surface area contributed by atoms with Gasteiger partial charge in [0.1, 0.15) is 18.2 Å². The molecule has 1 aromatic heterocycles. The number of anilines is 1. The number of nitrogens with two attached hydrogens (primary N) is 1. The zero-order valence-electron chi connectivity index (χ0n) is 10.5. The summed E-state index contributed by atoms with van der Waals surface area (Å²) in [4.78, 5) is 19.5. The topological polar surface area (TPSA) is 90.1 Å². The molecule has 2 aromatic rings. The van der Waals surface area contributed by atoms with Gasteiger partial charge in [0, 0.05) is 7.05 Å². The van der Waals surface area contributed by atoms with Crippen LogP contribution in [0.15, 0.2) is 36.7 Å². The molecule has 19 heavy (non-hydrogen) atoms. The molecule has 0 spiro atoms. The molecule has 98 valence electrons. The molecular weight excluding hydrogens is 244 g/mol. The fourth-order valence-corrected chi connectivity index (χ4v) is 1.51. The second-order valence-electron chi connectivity index (χ2n) is 3.79. The molecule has 6 nitrogen and oxygen atoms in total. The molecule has 6 heteroatoms. The van der Waals surface area contributed by atoms with Gasteiger partial charge in [-0.1, -0.05) is 12.1 Å². The van der Waals surface area contributed by atoms with E-state index in [2.05, 4.69) is 15.3 Å². The number of nitrogens with zero attached hydrogens (tertiary/aromatic N) is 2. The lowest BCUT2D eigenvalue weighted by Crippen LogP contribution is -2.13. The number of primary amides is 1. The first-order chi connectivity index (χ1) is 9.20. The number of hydrogen-bond acceptors (Lipinski definition) is 5. The Labute approximate surface area is 110 Å². The summed E-state index contributed by atoms with van der Waals surface area (Å²) < 4.78 is 5.53. The van der Waals surface area contributed by atoms with Crippen LogP contribution in [0, 0.1) is 0 Å². The quantitative estimate of drug-likeness (QED) is 0.840. The van der Waals surface area contributed by atoms with Crippen molar-refractivity contribution >= 4 is 11.7 Å². The van der Waals surface area contributed by atoms with E-state index >= 15 is 0 Å². The fraction of sp³-hybridized carbons (Fsp3) is 0.154. The number of aromatic nitrogens is 2. The number of rotatable bonds is 5. The number of hydrogen-bond donors (Lipinski definition) is 2. The Morgan fingerprint density at radius 1 is 1.32 bits per heavy atom. The maximum atomic E-state index is 11.2. The van der Waals surface area contributed by atoms with E-state index in [1.807, 2.05) is 0 Å². The van der Waals surface area contributed by atoms with Crippen LogP contribution in [0.25, 0.3) is 0 Å². The highest BCUT2D eigenvalue weighted by molar-refractivity contribution is 5.95. The van der Waals surface area contributed by atoms with Gasteiger partial charge < -0.3 is 15.8 Å². The molecule has 0 saturated heterocycles. The third-order valence-electron chi connectivity index (χ3n) is 2.49. The average Bonchev–Trinajstić information content (AvgIpc) is 2.46. The first-order valence-electron chi connectivity index (χ1n) is 5.71. The van der Waals surface area contributed by atoms with Crippen molar-refractivity contribution in [2.45, 2.75) is 6.61 Å². The predicted molar refractivity (Wildman–Crippen MR) is 70.9 cm³/mol. The van der Waals surface area contributed by atoms with Gasteiger partial charge >= 0.3 is 0 Å². The summed E-state index contributed by atoms with van der Waals surface area (Å²) in [6.07, 6.45) is 3.22. The number of carbonyl (C=O) groups excluding carboxylic acids is 1. The summed E-state index contributed by atoms with van der Waals surface area (Å²) in [6.45, 7) is 0.223. The fourth-order valence-electron chi connectivity index (χ4n) is 1.51. The largest absolute Gasteiger partial charge is 0.486 e. The third kappa shape index (κ3) is 3.19. The third-order valence-corrected chi connectivity index (χ3v) is 2.49. The molecule has 0 aliphatic heterocycles. The van der Waals surface area contributed by atoms with Crippen molar-refractivity contribution in [2.75, 3.05) is 12.4 Å². The molecule has 3 N–H and O–H groups in total. The molecule has 0 aliphatic carbocycles. The summed E-state index contributed by atoms with van der Waals surface area (Å²) in [7, 11) is 1.77. The van der Waals surface area contributed by atoms with E-state index in [-0.39, 0.29) is 6.61 Å². The Balaban J connectivity index is 2.07. The van der Waals surface area contributed by atoms with Crippen molar-refractivity contribution in [2.24, 2.45) is 5.73 Å². The van der Waals surface area contributed by atoms with Crippen LogP contribution in [0.3, 0.4) is 0 Å². The zero-order valence-corrected chi connectivity index (χ0v) is 10.5. The first-order valence-corrected chi connectivity index (χ1v) is 5.71. The Morgan fingerprint density at radius 2 is 2.11 bits per heavy atom. The maximum Gasteiger partial charge on any atom is 0.252 e. The van der Waals surface area contributed by atoms with Gasteiger partial charge in [0.2, 0.25) is 0 Å². The van der Waals surface area contributed by atoms with Crippen LogP contribution in [-0.4, -0.2) is 22.9 Å². The van der Waals surface area contributed by atoms with Crippen molar-refractivity contribution in [3.63, 3.8) is 0 Å². The van der Waals surface area contributed by atoms with Gasteiger partial charge in [-0.25, -0.2) is 4.98 Å². The van der Waals surface area contributed by atoms with Gasteiger partial charge in [-0.15, -0.1) is 0 Å². The van der Waals surface area contributed by atoms with E-state index in [4.69, 9.17) is 10.5 Å². The molecule has 1 aromatic carbocycles. The highest BCUT2D eigenvalue weighted by Crippen LogP contribution is 2.18. The summed E-state index contributed by atoms with van der Waals surface area (Å²) in [5, 5.41) is 2.88. The van der Waals surface area contributed by atoms with E-state index in [1.54, 1.807) is 43.7 Å². The lowest BCUT2D eigenvalue weighted by molar-refractivity contribution is 0.0996. The van der Waals surface area contributed by atoms with Crippen molar-refractivity contribution in [3.05, 3.63) is 47.9 Å². The predicted octanol–water partition coefficient (Wildman–Crippen LogP) is 1.20. The van der Waals surface area contributed by atoms with Crippen LogP contribution in [0.2, 0.25) is 0 Å². The Kier molecular flexibility index (Phi) is 3.92. The molecule has 1 amide bonds. The normalized spacial score (nSPS) is 9.95. The van der Waals surface area contributed by atoms with E-state index in [1.165, 1.54) is 0 Å². The molecular formula is C13H14N4O2. The summed E-state index contributed by atoms with van der Waals surface area (Å²) in [5.74, 6) is 0.600. The lowest BCUT2D eigenvalue weighted by Gasteiger charge is -2.09. The lowest BCUT2D eigenvalue weighted by atomic mass is 10.2. The van der Waals surface area contributed by atoms with Crippen LogP contribution in [-0.2, 0) is 6.61 Å². The van der Waals surface area contributed by atoms with Gasteiger partial charge in [-0.2, -0.15) is 0 Å². The van der Waals surface area contributed by atoms with Gasteiger partial charge in [0.05, 0.1) is 23.7 Å². The van der Waals surface area contributed by atoms with E-state index in [9.17, 15) is 4.79 Å². The SMILES string of the molecule is CNc1cnc(COc2ccccc2C(N)=O)cn1. The number of amides is 1. The minimum Gasteiger partial charge on any atom is -0.486 e. The second-order valence-corrected chi connectivity index (χ2v) is 3.79. The monoisotopic (exact) mass is 258 g/mol. The average molecular weight is 258 g/mol. The van der Waals surface area contributed by atoms with Crippen LogP contribution >= 0.6 is 0 Å². The molecule has 0 bridgehead atoms. The van der Waals surface area contributed by atoms with Crippen molar-refractivity contribution in [1.82, 2.24) is 9.97 Å². The Hall–Kier alpha value is -2.63. The van der Waals surface area contributed by atoms with Crippen LogP contribution in [0.1, 0.15) is 16.1 Å². The summed E-state index contributed by atoms with van der Waals surface area (Å²) in [6, 6.07) is 6.81.